The number of alkyl carbamates (subject to hydrolysis) is 1. The van der Waals surface area contributed by atoms with Crippen LogP contribution in [0.1, 0.15) is 63.4 Å². The summed E-state index contributed by atoms with van der Waals surface area (Å²) in [4.78, 5) is 35.8. The lowest BCUT2D eigenvalue weighted by atomic mass is 9.96. The Labute approximate surface area is 175 Å². The molecule has 1 aliphatic carbocycles. The van der Waals surface area contributed by atoms with Crippen molar-refractivity contribution in [1.82, 2.24) is 5.32 Å². The molecule has 2 unspecified atom stereocenters. The minimum Gasteiger partial charge on any atom is -0.481 e. The van der Waals surface area contributed by atoms with Crippen LogP contribution in [0, 0.1) is 5.92 Å². The van der Waals surface area contributed by atoms with Crippen LogP contribution in [-0.2, 0) is 19.1 Å². The molecule has 1 saturated carbocycles. The van der Waals surface area contributed by atoms with E-state index in [0.717, 1.165) is 25.7 Å². The van der Waals surface area contributed by atoms with Gasteiger partial charge in [0.2, 0.25) is 6.29 Å². The smallest absolute Gasteiger partial charge is 0.410 e. The van der Waals surface area contributed by atoms with Gasteiger partial charge in [-0.05, 0) is 43.4 Å². The number of carbonyl (C=O) groups is 3. The molecule has 2 atom stereocenters. The number of aliphatic carboxylic acids is 1. The van der Waals surface area contributed by atoms with Crippen LogP contribution >= 0.6 is 11.6 Å². The van der Waals surface area contributed by atoms with Crippen LogP contribution in [0.25, 0.3) is 0 Å². The number of benzene rings is 1. The van der Waals surface area contributed by atoms with Crippen LogP contribution in [0.5, 0.6) is 0 Å². The largest absolute Gasteiger partial charge is 0.481 e. The number of hydrogen-bond donors (Lipinski definition) is 2. The first-order valence-electron chi connectivity index (χ1n) is 10.0. The van der Waals surface area contributed by atoms with Gasteiger partial charge >= 0.3 is 18.0 Å². The normalized spacial score (nSPS) is 16.1. The van der Waals surface area contributed by atoms with E-state index in [-0.39, 0.29) is 24.9 Å². The molecule has 8 heteroatoms. The summed E-state index contributed by atoms with van der Waals surface area (Å²) in [5, 5.41) is 12.5. The van der Waals surface area contributed by atoms with Crippen molar-refractivity contribution in [2.45, 2.75) is 64.1 Å². The first-order chi connectivity index (χ1) is 13.9. The zero-order chi connectivity index (χ0) is 21.2. The lowest BCUT2D eigenvalue weighted by Crippen LogP contribution is -2.34. The molecular weight excluding hydrogens is 398 g/mol. The zero-order valence-corrected chi connectivity index (χ0v) is 17.3. The van der Waals surface area contributed by atoms with Crippen molar-refractivity contribution in [3.05, 3.63) is 34.9 Å². The molecule has 1 amide bonds. The highest BCUT2D eigenvalue weighted by Gasteiger charge is 2.28. The highest BCUT2D eigenvalue weighted by molar-refractivity contribution is 6.30. The van der Waals surface area contributed by atoms with Gasteiger partial charge in [0, 0.05) is 18.0 Å². The number of halogens is 1. The van der Waals surface area contributed by atoms with Crippen LogP contribution in [-0.4, -0.2) is 36.0 Å². The summed E-state index contributed by atoms with van der Waals surface area (Å²) in [7, 11) is 0. The van der Waals surface area contributed by atoms with Gasteiger partial charge in [0.1, 0.15) is 0 Å². The summed E-state index contributed by atoms with van der Waals surface area (Å²) in [6.45, 7) is 2.01. The predicted molar refractivity (Wildman–Crippen MR) is 108 cm³/mol. The van der Waals surface area contributed by atoms with Crippen molar-refractivity contribution >= 4 is 29.6 Å². The average molecular weight is 426 g/mol. The summed E-state index contributed by atoms with van der Waals surface area (Å²) in [6, 6.07) is 6.56. The average Bonchev–Trinajstić information content (AvgIpc) is 3.21. The highest BCUT2D eigenvalue weighted by Crippen LogP contribution is 2.26. The third-order valence-electron chi connectivity index (χ3n) is 4.97. The van der Waals surface area contributed by atoms with E-state index < -0.39 is 24.3 Å². The van der Waals surface area contributed by atoms with E-state index in [4.69, 9.17) is 21.1 Å². The van der Waals surface area contributed by atoms with E-state index in [2.05, 4.69) is 5.32 Å². The molecule has 1 fully saturated rings. The molecule has 0 spiro atoms. The molecule has 29 heavy (non-hydrogen) atoms. The van der Waals surface area contributed by atoms with Crippen LogP contribution in [0.15, 0.2) is 24.3 Å². The molecule has 1 aromatic rings. The Morgan fingerprint density at radius 1 is 1.14 bits per heavy atom. The molecule has 7 nitrogen and oxygen atoms in total. The zero-order valence-electron chi connectivity index (χ0n) is 16.6. The summed E-state index contributed by atoms with van der Waals surface area (Å²) in [5.74, 6) is -2.20. The summed E-state index contributed by atoms with van der Waals surface area (Å²) in [6.07, 6.45) is 3.27. The fraction of sp³-hybridized carbons (Fsp3) is 0.571. The fourth-order valence-corrected chi connectivity index (χ4v) is 3.50. The van der Waals surface area contributed by atoms with E-state index >= 15 is 0 Å². The van der Waals surface area contributed by atoms with Crippen LogP contribution in [0.2, 0.25) is 5.02 Å². The van der Waals surface area contributed by atoms with E-state index in [1.807, 2.05) is 6.92 Å². The third kappa shape index (κ3) is 7.57. The lowest BCUT2D eigenvalue weighted by molar-refractivity contribution is -0.173. The molecule has 0 heterocycles. The van der Waals surface area contributed by atoms with E-state index in [1.165, 1.54) is 0 Å². The number of carbonyl (C=O) groups excluding carboxylic acids is 2. The van der Waals surface area contributed by atoms with Gasteiger partial charge in [-0.25, -0.2) is 4.79 Å². The Hall–Kier alpha value is -2.28. The van der Waals surface area contributed by atoms with Crippen molar-refractivity contribution < 1.29 is 29.0 Å². The minimum absolute atomic E-state index is 0.105. The Morgan fingerprint density at radius 3 is 2.38 bits per heavy atom. The van der Waals surface area contributed by atoms with Crippen molar-refractivity contribution in [1.29, 1.82) is 0 Å². The summed E-state index contributed by atoms with van der Waals surface area (Å²) >= 11 is 5.84. The summed E-state index contributed by atoms with van der Waals surface area (Å²) in [5.41, 5.74) is 0.603. The third-order valence-corrected chi connectivity index (χ3v) is 5.22. The highest BCUT2D eigenvalue weighted by atomic mass is 35.5. The number of hydrogen-bond acceptors (Lipinski definition) is 5. The summed E-state index contributed by atoms with van der Waals surface area (Å²) < 4.78 is 10.6. The fourth-order valence-electron chi connectivity index (χ4n) is 3.37. The number of ether oxygens (including phenoxy) is 2. The Kier molecular flexibility index (Phi) is 9.25. The number of carboxylic acids is 1. The van der Waals surface area contributed by atoms with E-state index in [0.29, 0.717) is 23.4 Å². The maximum Gasteiger partial charge on any atom is 0.410 e. The standard InChI is InChI=1S/C21H28ClNO6/c1-2-5-18(28-20(26)15-6-3-4-7-15)29-21(27)23-13-12-17(19(24)25)14-8-10-16(22)11-9-14/h8-11,15,17-18H,2-7,12-13H2,1H3,(H,23,27)(H,24,25). The van der Waals surface area contributed by atoms with Crippen LogP contribution in [0.3, 0.4) is 0 Å². The Balaban J connectivity index is 1.81. The molecule has 0 radical (unpaired) electrons. The molecule has 2 N–H and O–H groups in total. The van der Waals surface area contributed by atoms with Gasteiger partial charge in [-0.2, -0.15) is 0 Å². The van der Waals surface area contributed by atoms with E-state index in [1.54, 1.807) is 24.3 Å². The number of nitrogens with one attached hydrogen (secondary N) is 1. The van der Waals surface area contributed by atoms with Crippen molar-refractivity contribution in [3.63, 3.8) is 0 Å². The molecule has 0 bridgehead atoms. The van der Waals surface area contributed by atoms with Gasteiger partial charge in [-0.15, -0.1) is 0 Å². The van der Waals surface area contributed by atoms with Crippen molar-refractivity contribution in [3.8, 4) is 0 Å². The maximum atomic E-state index is 12.2. The van der Waals surface area contributed by atoms with Gasteiger partial charge < -0.3 is 19.9 Å². The molecule has 1 aliphatic rings. The quantitative estimate of drug-likeness (QED) is 0.423. The van der Waals surface area contributed by atoms with Gasteiger partial charge in [0.25, 0.3) is 0 Å². The SMILES string of the molecule is CCCC(OC(=O)NCCC(C(=O)O)c1ccc(Cl)cc1)OC(=O)C1CCCC1. The second-order valence-corrected chi connectivity index (χ2v) is 7.64. The lowest BCUT2D eigenvalue weighted by Gasteiger charge is -2.20. The molecule has 0 aromatic heterocycles. The van der Waals surface area contributed by atoms with Crippen LogP contribution in [0.4, 0.5) is 4.79 Å². The molecule has 0 aliphatic heterocycles. The Bertz CT molecular complexity index is 687. The first kappa shape index (κ1) is 23.0. The molecular formula is C21H28ClNO6. The second kappa shape index (κ2) is 11.7. The van der Waals surface area contributed by atoms with Gasteiger partial charge in [0.15, 0.2) is 0 Å². The predicted octanol–water partition coefficient (Wildman–Crippen LogP) is 4.48. The van der Waals surface area contributed by atoms with Gasteiger partial charge in [-0.1, -0.05) is 43.5 Å². The number of rotatable bonds is 10. The van der Waals surface area contributed by atoms with Gasteiger partial charge in [-0.3, -0.25) is 9.59 Å². The topological polar surface area (TPSA) is 102 Å². The number of carboxylic acid groups (broad SMARTS) is 1. The maximum absolute atomic E-state index is 12.2. The van der Waals surface area contributed by atoms with Crippen molar-refractivity contribution in [2.75, 3.05) is 6.54 Å². The molecule has 0 saturated heterocycles. The monoisotopic (exact) mass is 425 g/mol. The second-order valence-electron chi connectivity index (χ2n) is 7.20. The molecule has 1 aromatic carbocycles. The first-order valence-corrected chi connectivity index (χ1v) is 10.4. The number of amides is 1. The molecule has 2 rings (SSSR count). The Morgan fingerprint density at radius 2 is 1.79 bits per heavy atom. The van der Waals surface area contributed by atoms with Crippen LogP contribution < -0.4 is 5.32 Å². The van der Waals surface area contributed by atoms with Gasteiger partial charge in [0.05, 0.1) is 11.8 Å². The van der Waals surface area contributed by atoms with Crippen molar-refractivity contribution in [2.24, 2.45) is 5.92 Å². The minimum atomic E-state index is -0.989. The molecule has 160 valence electrons. The van der Waals surface area contributed by atoms with E-state index in [9.17, 15) is 19.5 Å². The number of esters is 1.